The molecule has 0 saturated carbocycles. The molecule has 2 aromatic heterocycles. The second-order valence-electron chi connectivity index (χ2n) is 7.30. The Morgan fingerprint density at radius 1 is 1.42 bits per heavy atom. The lowest BCUT2D eigenvalue weighted by atomic mass is 10.1. The molecule has 14 heteroatoms. The van der Waals surface area contributed by atoms with Gasteiger partial charge in [-0.25, -0.2) is 33.1 Å². The maximum Gasteiger partial charge on any atom is 0.350 e. The first kappa shape index (κ1) is 20.6. The van der Waals surface area contributed by atoms with Gasteiger partial charge in [0.1, 0.15) is 23.7 Å². The summed E-state index contributed by atoms with van der Waals surface area (Å²) in [7, 11) is 1.58. The number of ether oxygens (including phenoxy) is 1. The van der Waals surface area contributed by atoms with E-state index in [1.807, 2.05) is 0 Å². The van der Waals surface area contributed by atoms with Crippen molar-refractivity contribution in [2.75, 3.05) is 10.1 Å². The van der Waals surface area contributed by atoms with E-state index >= 15 is 0 Å². The first-order chi connectivity index (χ1) is 15.8. The molecule has 1 unspecified atom stereocenters. The molecule has 3 aromatic rings. The predicted octanol–water partition coefficient (Wildman–Crippen LogP) is 1.45. The lowest BCUT2D eigenvalue weighted by Crippen LogP contribution is -2.39. The van der Waals surface area contributed by atoms with Crippen LogP contribution in [-0.4, -0.2) is 35.0 Å². The first-order valence-electron chi connectivity index (χ1n) is 9.63. The number of nitrogens with two attached hydrogens (primary N) is 1. The van der Waals surface area contributed by atoms with Crippen LogP contribution in [0.4, 0.5) is 20.7 Å². The summed E-state index contributed by atoms with van der Waals surface area (Å²) in [6.07, 6.45) is 0.549. The summed E-state index contributed by atoms with van der Waals surface area (Å²) in [5.41, 5.74) is 7.59. The van der Waals surface area contributed by atoms with Gasteiger partial charge in [0.15, 0.2) is 5.82 Å². The Hall–Kier alpha value is -4.25. The summed E-state index contributed by atoms with van der Waals surface area (Å²) in [5.74, 6) is -0.582. The largest absolute Gasteiger partial charge is 0.467 e. The number of hydrogen-bond acceptors (Lipinski definition) is 8. The number of fused-ring (bicyclic) bond motifs is 7. The van der Waals surface area contributed by atoms with E-state index in [9.17, 15) is 18.7 Å². The number of urea groups is 1. The van der Waals surface area contributed by atoms with E-state index in [-0.39, 0.29) is 35.3 Å². The van der Waals surface area contributed by atoms with Crippen LogP contribution in [0.15, 0.2) is 24.4 Å². The highest BCUT2D eigenvalue weighted by atomic mass is 32.2. The van der Waals surface area contributed by atoms with Crippen LogP contribution in [0.2, 0.25) is 0 Å². The van der Waals surface area contributed by atoms with E-state index in [1.54, 1.807) is 14.0 Å². The van der Waals surface area contributed by atoms with E-state index < -0.39 is 29.1 Å². The molecule has 168 valence electrons. The van der Waals surface area contributed by atoms with Gasteiger partial charge in [-0.1, -0.05) is 0 Å². The SMILES string of the molecule is C[C@H]1Oc2nc(cnc2N)-c2c(nn(C)c2C#N)CN2C(=O)NS(=O)N2c2ccc(F)cc21. The summed E-state index contributed by atoms with van der Waals surface area (Å²) in [5, 5.41) is 15.3. The first-order valence-corrected chi connectivity index (χ1v) is 10.7. The highest BCUT2D eigenvalue weighted by molar-refractivity contribution is 7.85. The number of anilines is 2. The van der Waals surface area contributed by atoms with Crippen LogP contribution in [-0.2, 0) is 24.8 Å². The molecule has 2 aliphatic rings. The summed E-state index contributed by atoms with van der Waals surface area (Å²) in [6, 6.07) is 5.22. The zero-order valence-electron chi connectivity index (χ0n) is 17.3. The lowest BCUT2D eigenvalue weighted by Gasteiger charge is -2.29. The minimum absolute atomic E-state index is 0.00668. The van der Waals surface area contributed by atoms with Gasteiger partial charge in [0.2, 0.25) is 11.2 Å². The van der Waals surface area contributed by atoms with Crippen molar-refractivity contribution in [1.82, 2.24) is 29.5 Å². The van der Waals surface area contributed by atoms with Gasteiger partial charge in [0.25, 0.3) is 5.88 Å². The molecule has 33 heavy (non-hydrogen) atoms. The number of nitrogens with one attached hydrogen (secondary N) is 1. The predicted molar refractivity (Wildman–Crippen MR) is 114 cm³/mol. The van der Waals surface area contributed by atoms with Crippen molar-refractivity contribution in [3.8, 4) is 23.2 Å². The van der Waals surface area contributed by atoms with Crippen molar-refractivity contribution in [1.29, 1.82) is 5.26 Å². The molecule has 0 spiro atoms. The molecule has 2 bridgehead atoms. The maximum atomic E-state index is 14.2. The highest BCUT2D eigenvalue weighted by Gasteiger charge is 2.39. The Kier molecular flexibility index (Phi) is 4.64. The minimum atomic E-state index is -2.00. The van der Waals surface area contributed by atoms with Crippen LogP contribution in [0, 0.1) is 17.1 Å². The number of rotatable bonds is 0. The second-order valence-corrected chi connectivity index (χ2v) is 8.35. The van der Waals surface area contributed by atoms with Crippen molar-refractivity contribution in [3.63, 3.8) is 0 Å². The fraction of sp³-hybridized carbons (Fsp3) is 0.211. The van der Waals surface area contributed by atoms with Crippen LogP contribution >= 0.6 is 0 Å². The summed E-state index contributed by atoms with van der Waals surface area (Å²) in [6.45, 7) is 1.47. The molecule has 1 saturated heterocycles. The third kappa shape index (κ3) is 3.21. The van der Waals surface area contributed by atoms with Gasteiger partial charge >= 0.3 is 6.03 Å². The number of carbonyl (C=O) groups excluding carboxylic acids is 1. The molecule has 1 fully saturated rings. The maximum absolute atomic E-state index is 14.2. The van der Waals surface area contributed by atoms with Crippen LogP contribution in [0.3, 0.4) is 0 Å². The van der Waals surface area contributed by atoms with Crippen LogP contribution in [0.5, 0.6) is 5.88 Å². The number of aromatic nitrogens is 4. The quantitative estimate of drug-likeness (QED) is 0.501. The standard InChI is InChI=1S/C19H16FN9O3S/c1-9-11-5-10(20)3-4-14(11)29-28(19(30)26-33(29)31)8-13-16(15(6-21)27(2)25-13)12-7-23-17(22)18(24-12)32-9/h3-5,7,9H,8H2,1-2H3,(H2,22,23)(H,26,30)/t9-,33?/m1/s1. The molecule has 4 heterocycles. The molecule has 2 atom stereocenters. The van der Waals surface area contributed by atoms with Crippen LogP contribution in [0.25, 0.3) is 11.3 Å². The van der Waals surface area contributed by atoms with Crippen molar-refractivity contribution in [3.05, 3.63) is 47.2 Å². The third-order valence-electron chi connectivity index (χ3n) is 5.26. The number of carbonyl (C=O) groups is 1. The normalized spacial score (nSPS) is 19.3. The van der Waals surface area contributed by atoms with Crippen molar-refractivity contribution in [2.24, 2.45) is 7.05 Å². The number of nitrogen functional groups attached to an aromatic ring is 1. The van der Waals surface area contributed by atoms with Crippen LogP contribution in [0.1, 0.15) is 30.0 Å². The second kappa shape index (κ2) is 7.41. The van der Waals surface area contributed by atoms with Gasteiger partial charge in [-0.3, -0.25) is 4.68 Å². The minimum Gasteiger partial charge on any atom is -0.467 e. The molecule has 12 nitrogen and oxygen atoms in total. The number of hydrazine groups is 1. The number of nitriles is 1. The smallest absolute Gasteiger partial charge is 0.350 e. The van der Waals surface area contributed by atoms with E-state index in [0.29, 0.717) is 16.8 Å². The fourth-order valence-corrected chi connectivity index (χ4v) is 4.77. The monoisotopic (exact) mass is 469 g/mol. The van der Waals surface area contributed by atoms with Gasteiger partial charge in [0.05, 0.1) is 35.4 Å². The van der Waals surface area contributed by atoms with E-state index in [4.69, 9.17) is 10.5 Å². The molecular weight excluding hydrogens is 453 g/mol. The van der Waals surface area contributed by atoms with Crippen molar-refractivity contribution >= 4 is 28.7 Å². The van der Waals surface area contributed by atoms with Gasteiger partial charge < -0.3 is 10.5 Å². The van der Waals surface area contributed by atoms with E-state index in [1.165, 1.54) is 38.5 Å². The molecule has 2 amide bonds. The average Bonchev–Trinajstić information content (AvgIpc) is 3.23. The lowest BCUT2D eigenvalue weighted by molar-refractivity contribution is 0.207. The van der Waals surface area contributed by atoms with Crippen molar-refractivity contribution < 1.29 is 18.1 Å². The number of halogens is 1. The topological polar surface area (TPSA) is 155 Å². The Morgan fingerprint density at radius 3 is 2.97 bits per heavy atom. The number of amides is 2. The zero-order chi connectivity index (χ0) is 23.4. The van der Waals surface area contributed by atoms with Crippen LogP contribution < -0.4 is 19.6 Å². The number of nitrogens with zero attached hydrogens (tertiary/aromatic N) is 7. The highest BCUT2D eigenvalue weighted by Crippen LogP contribution is 2.37. The molecule has 1 aromatic carbocycles. The van der Waals surface area contributed by atoms with Gasteiger partial charge in [-0.2, -0.15) is 14.8 Å². The third-order valence-corrected chi connectivity index (χ3v) is 6.31. The fourth-order valence-electron chi connectivity index (χ4n) is 3.77. The molecule has 2 aliphatic heterocycles. The van der Waals surface area contributed by atoms with E-state index in [0.717, 1.165) is 0 Å². The van der Waals surface area contributed by atoms with Gasteiger partial charge in [-0.05, 0) is 25.1 Å². The average molecular weight is 469 g/mol. The molecule has 5 rings (SSSR count). The molecule has 0 aliphatic carbocycles. The summed E-state index contributed by atoms with van der Waals surface area (Å²) < 4.78 is 37.9. The van der Waals surface area contributed by atoms with Gasteiger partial charge in [-0.15, -0.1) is 0 Å². The Morgan fingerprint density at radius 2 is 2.21 bits per heavy atom. The summed E-state index contributed by atoms with van der Waals surface area (Å²) >= 11 is -2.00. The molecule has 3 N–H and O–H groups in total. The summed E-state index contributed by atoms with van der Waals surface area (Å²) in [4.78, 5) is 21.3. The molecule has 0 radical (unpaired) electrons. The number of benzene rings is 1. The molecular formula is C19H16FN9O3S. The zero-order valence-corrected chi connectivity index (χ0v) is 18.1. The Balaban J connectivity index is 1.80. The van der Waals surface area contributed by atoms with Crippen molar-refractivity contribution in [2.45, 2.75) is 19.6 Å². The number of hydrogen-bond donors (Lipinski definition) is 2. The Bertz CT molecular complexity index is 1390. The Labute approximate surface area is 189 Å². The van der Waals surface area contributed by atoms with E-state index in [2.05, 4.69) is 25.9 Å². The number of aryl methyl sites for hydroxylation is 1. The van der Waals surface area contributed by atoms with Gasteiger partial charge in [0, 0.05) is 12.6 Å².